The largest absolute Gasteiger partial charge is 0.506 e. The Bertz CT molecular complexity index is 494. The average Bonchev–Trinajstić information content (AvgIpc) is 2.39. The number of rotatable bonds is 5. The van der Waals surface area contributed by atoms with E-state index < -0.39 is 17.5 Å². The molecule has 0 heterocycles. The molecule has 0 aliphatic heterocycles. The molecule has 19 heavy (non-hydrogen) atoms. The second kappa shape index (κ2) is 5.71. The molecule has 0 radical (unpaired) electrons. The van der Waals surface area contributed by atoms with Crippen LogP contribution >= 0.6 is 0 Å². The van der Waals surface area contributed by atoms with Crippen LogP contribution in [0.4, 0.5) is 5.69 Å². The fourth-order valence-corrected chi connectivity index (χ4v) is 1.42. The molecule has 0 bridgehead atoms. The molecule has 1 rings (SSSR count). The SMILES string of the molecule is CCC(C)(OC)C(=O)Nc1cc(C(=O)O)ccc1O. The standard InChI is InChI=1S/C13H17NO5/c1-4-13(2,19-3)12(18)14-9-7-8(11(16)17)5-6-10(9)15/h5-7,15H,4H2,1-3H3,(H,14,18)(H,16,17). The summed E-state index contributed by atoms with van der Waals surface area (Å²) in [6, 6.07) is 3.67. The maximum atomic E-state index is 12.0. The Morgan fingerprint density at radius 3 is 2.53 bits per heavy atom. The van der Waals surface area contributed by atoms with Gasteiger partial charge in [-0.15, -0.1) is 0 Å². The van der Waals surface area contributed by atoms with Crippen molar-refractivity contribution >= 4 is 17.6 Å². The van der Waals surface area contributed by atoms with Crippen molar-refractivity contribution in [2.24, 2.45) is 0 Å². The molecule has 3 N–H and O–H groups in total. The molecule has 0 saturated carbocycles. The zero-order valence-corrected chi connectivity index (χ0v) is 11.1. The molecular weight excluding hydrogens is 250 g/mol. The summed E-state index contributed by atoms with van der Waals surface area (Å²) in [7, 11) is 1.41. The number of carboxylic acid groups (broad SMARTS) is 1. The summed E-state index contributed by atoms with van der Waals surface area (Å²) in [5, 5.41) is 21.0. The van der Waals surface area contributed by atoms with E-state index in [9.17, 15) is 14.7 Å². The first-order valence-electron chi connectivity index (χ1n) is 5.77. The molecule has 1 aromatic rings. The lowest BCUT2D eigenvalue weighted by Crippen LogP contribution is -2.41. The van der Waals surface area contributed by atoms with Crippen molar-refractivity contribution < 1.29 is 24.5 Å². The molecule has 1 atom stereocenters. The number of hydrogen-bond donors (Lipinski definition) is 3. The van der Waals surface area contributed by atoms with E-state index >= 15 is 0 Å². The predicted molar refractivity (Wildman–Crippen MR) is 69.4 cm³/mol. The highest BCUT2D eigenvalue weighted by atomic mass is 16.5. The number of amides is 1. The topological polar surface area (TPSA) is 95.9 Å². The van der Waals surface area contributed by atoms with Crippen LogP contribution in [0.15, 0.2) is 18.2 Å². The van der Waals surface area contributed by atoms with Crippen LogP contribution in [-0.4, -0.2) is 34.8 Å². The summed E-state index contributed by atoms with van der Waals surface area (Å²) in [5.41, 5.74) is -1.02. The number of phenolic OH excluding ortho intramolecular Hbond substituents is 1. The normalized spacial score (nSPS) is 13.6. The lowest BCUT2D eigenvalue weighted by atomic mass is 10.0. The van der Waals surface area contributed by atoms with E-state index in [0.29, 0.717) is 6.42 Å². The second-order valence-corrected chi connectivity index (χ2v) is 4.28. The van der Waals surface area contributed by atoms with Crippen LogP contribution in [0.3, 0.4) is 0 Å². The highest BCUT2D eigenvalue weighted by molar-refractivity contribution is 5.99. The molecule has 1 unspecified atom stereocenters. The minimum absolute atomic E-state index is 0.0243. The number of ether oxygens (including phenoxy) is 1. The quantitative estimate of drug-likeness (QED) is 0.707. The Balaban J connectivity index is 3.02. The van der Waals surface area contributed by atoms with Gasteiger partial charge in [0.05, 0.1) is 11.3 Å². The molecule has 0 aliphatic rings. The Morgan fingerprint density at radius 1 is 1.42 bits per heavy atom. The van der Waals surface area contributed by atoms with Gasteiger partial charge < -0.3 is 20.3 Å². The summed E-state index contributed by atoms with van der Waals surface area (Å²) < 4.78 is 5.13. The number of carboxylic acids is 1. The molecule has 1 aromatic carbocycles. The third-order valence-corrected chi connectivity index (χ3v) is 3.10. The van der Waals surface area contributed by atoms with Crippen molar-refractivity contribution in [3.8, 4) is 5.75 Å². The number of methoxy groups -OCH3 is 1. The highest BCUT2D eigenvalue weighted by Gasteiger charge is 2.31. The van der Waals surface area contributed by atoms with Gasteiger partial charge in [0.15, 0.2) is 0 Å². The molecule has 0 aliphatic carbocycles. The second-order valence-electron chi connectivity index (χ2n) is 4.28. The predicted octanol–water partition coefficient (Wildman–Crippen LogP) is 1.84. The number of carbonyl (C=O) groups is 2. The van der Waals surface area contributed by atoms with Gasteiger partial charge in [0, 0.05) is 7.11 Å². The van der Waals surface area contributed by atoms with Crippen LogP contribution in [0.1, 0.15) is 30.6 Å². The Morgan fingerprint density at radius 2 is 2.05 bits per heavy atom. The Kier molecular flexibility index (Phi) is 4.50. The lowest BCUT2D eigenvalue weighted by Gasteiger charge is -2.25. The number of carbonyl (C=O) groups excluding carboxylic acids is 1. The number of aromatic hydroxyl groups is 1. The van der Waals surface area contributed by atoms with Crippen molar-refractivity contribution in [3.63, 3.8) is 0 Å². The van der Waals surface area contributed by atoms with E-state index in [1.807, 2.05) is 0 Å². The minimum Gasteiger partial charge on any atom is -0.506 e. The van der Waals surface area contributed by atoms with E-state index in [4.69, 9.17) is 9.84 Å². The number of phenols is 1. The molecular formula is C13H17NO5. The Labute approximate surface area is 111 Å². The van der Waals surface area contributed by atoms with Gasteiger partial charge in [0.1, 0.15) is 11.4 Å². The van der Waals surface area contributed by atoms with Crippen molar-refractivity contribution in [2.75, 3.05) is 12.4 Å². The van der Waals surface area contributed by atoms with Crippen LogP contribution in [0.2, 0.25) is 0 Å². The molecule has 0 fully saturated rings. The number of nitrogens with one attached hydrogen (secondary N) is 1. The summed E-state index contributed by atoms with van der Waals surface area (Å²) in [6.45, 7) is 3.40. The average molecular weight is 267 g/mol. The van der Waals surface area contributed by atoms with E-state index in [1.165, 1.54) is 25.3 Å². The van der Waals surface area contributed by atoms with Gasteiger partial charge in [0.25, 0.3) is 5.91 Å². The molecule has 6 heteroatoms. The smallest absolute Gasteiger partial charge is 0.335 e. The lowest BCUT2D eigenvalue weighted by molar-refractivity contribution is -0.136. The first-order chi connectivity index (χ1) is 8.84. The van der Waals surface area contributed by atoms with Crippen LogP contribution in [-0.2, 0) is 9.53 Å². The fourth-order valence-electron chi connectivity index (χ4n) is 1.42. The molecule has 1 amide bonds. The number of aromatic carboxylic acids is 1. The first kappa shape index (κ1) is 15.0. The summed E-state index contributed by atoms with van der Waals surface area (Å²) in [5.74, 6) is -1.79. The zero-order chi connectivity index (χ0) is 14.6. The summed E-state index contributed by atoms with van der Waals surface area (Å²) >= 11 is 0. The molecule has 0 saturated heterocycles. The van der Waals surface area contributed by atoms with Gasteiger partial charge in [-0.05, 0) is 31.5 Å². The highest BCUT2D eigenvalue weighted by Crippen LogP contribution is 2.26. The van der Waals surface area contributed by atoms with Crippen LogP contribution in [0.5, 0.6) is 5.75 Å². The fraction of sp³-hybridized carbons (Fsp3) is 0.385. The maximum absolute atomic E-state index is 12.0. The minimum atomic E-state index is -1.14. The van der Waals surface area contributed by atoms with Gasteiger partial charge in [-0.1, -0.05) is 6.92 Å². The molecule has 104 valence electrons. The van der Waals surface area contributed by atoms with Crippen molar-refractivity contribution in [2.45, 2.75) is 25.9 Å². The Hall–Kier alpha value is -2.08. The third-order valence-electron chi connectivity index (χ3n) is 3.10. The van der Waals surface area contributed by atoms with E-state index in [0.717, 1.165) is 0 Å². The molecule has 6 nitrogen and oxygen atoms in total. The van der Waals surface area contributed by atoms with Gasteiger partial charge >= 0.3 is 5.97 Å². The number of anilines is 1. The number of hydrogen-bond acceptors (Lipinski definition) is 4. The zero-order valence-electron chi connectivity index (χ0n) is 11.1. The van der Waals surface area contributed by atoms with E-state index in [2.05, 4.69) is 5.32 Å². The van der Waals surface area contributed by atoms with Gasteiger partial charge in [0.2, 0.25) is 0 Å². The summed E-state index contributed by atoms with van der Waals surface area (Å²) in [4.78, 5) is 22.9. The van der Waals surface area contributed by atoms with Gasteiger partial charge in [-0.2, -0.15) is 0 Å². The molecule has 0 spiro atoms. The van der Waals surface area contributed by atoms with Crippen molar-refractivity contribution in [3.05, 3.63) is 23.8 Å². The van der Waals surface area contributed by atoms with Crippen LogP contribution < -0.4 is 5.32 Å². The monoisotopic (exact) mass is 267 g/mol. The third kappa shape index (κ3) is 3.23. The first-order valence-corrected chi connectivity index (χ1v) is 5.77. The number of benzene rings is 1. The maximum Gasteiger partial charge on any atom is 0.335 e. The van der Waals surface area contributed by atoms with Gasteiger partial charge in [-0.3, -0.25) is 4.79 Å². The van der Waals surface area contributed by atoms with E-state index in [1.54, 1.807) is 13.8 Å². The molecule has 0 aromatic heterocycles. The van der Waals surface area contributed by atoms with E-state index in [-0.39, 0.29) is 17.0 Å². The summed E-state index contributed by atoms with van der Waals surface area (Å²) in [6.07, 6.45) is 0.439. The van der Waals surface area contributed by atoms with Crippen molar-refractivity contribution in [1.29, 1.82) is 0 Å². The van der Waals surface area contributed by atoms with Crippen LogP contribution in [0.25, 0.3) is 0 Å². The van der Waals surface area contributed by atoms with Crippen LogP contribution in [0, 0.1) is 0 Å². The van der Waals surface area contributed by atoms with Crippen molar-refractivity contribution in [1.82, 2.24) is 0 Å². The van der Waals surface area contributed by atoms with Gasteiger partial charge in [-0.25, -0.2) is 4.79 Å².